The lowest BCUT2D eigenvalue weighted by Gasteiger charge is -2.20. The van der Waals surface area contributed by atoms with Gasteiger partial charge in [0.1, 0.15) is 5.58 Å². The molecule has 25 heavy (non-hydrogen) atoms. The molecule has 4 aromatic rings. The van der Waals surface area contributed by atoms with Gasteiger partial charge in [0, 0.05) is 23.5 Å². The maximum Gasteiger partial charge on any atom is 0.159 e. The molecule has 0 radical (unpaired) electrons. The van der Waals surface area contributed by atoms with E-state index in [-0.39, 0.29) is 0 Å². The summed E-state index contributed by atoms with van der Waals surface area (Å²) < 4.78 is 6.35. The topological polar surface area (TPSA) is 16.4 Å². The predicted molar refractivity (Wildman–Crippen MR) is 107 cm³/mol. The highest BCUT2D eigenvalue weighted by Crippen LogP contribution is 2.38. The van der Waals surface area contributed by atoms with Gasteiger partial charge >= 0.3 is 0 Å². The average molecular weight is 329 g/mol. The second kappa shape index (κ2) is 6.29. The summed E-state index contributed by atoms with van der Waals surface area (Å²) in [6.45, 7) is 4.35. The van der Waals surface area contributed by atoms with Gasteiger partial charge in [0.2, 0.25) is 0 Å². The summed E-state index contributed by atoms with van der Waals surface area (Å²) in [4.78, 5) is 2.20. The monoisotopic (exact) mass is 329 g/mol. The van der Waals surface area contributed by atoms with Gasteiger partial charge < -0.3 is 9.32 Å². The zero-order valence-electron chi connectivity index (χ0n) is 15.0. The van der Waals surface area contributed by atoms with Crippen molar-refractivity contribution in [1.29, 1.82) is 0 Å². The van der Waals surface area contributed by atoms with E-state index < -0.39 is 0 Å². The van der Waals surface area contributed by atoms with Crippen LogP contribution in [0.2, 0.25) is 0 Å². The van der Waals surface area contributed by atoms with Crippen molar-refractivity contribution in [3.05, 3.63) is 71.8 Å². The average Bonchev–Trinajstić information content (AvgIpc) is 3.06. The molecule has 1 aromatic heterocycles. The zero-order valence-corrected chi connectivity index (χ0v) is 15.0. The quantitative estimate of drug-likeness (QED) is 0.426. The van der Waals surface area contributed by atoms with Crippen molar-refractivity contribution in [2.24, 2.45) is 0 Å². The molecule has 0 atom stereocenters. The summed E-state index contributed by atoms with van der Waals surface area (Å²) in [5.41, 5.74) is 6.85. The van der Waals surface area contributed by atoms with Gasteiger partial charge in [0.05, 0.1) is 5.69 Å². The Labute approximate surface area is 148 Å². The van der Waals surface area contributed by atoms with Gasteiger partial charge in [-0.3, -0.25) is 0 Å². The van der Waals surface area contributed by atoms with Crippen LogP contribution in [0.1, 0.15) is 25.0 Å². The normalized spacial score (nSPS) is 11.3. The summed E-state index contributed by atoms with van der Waals surface area (Å²) in [5, 5.41) is 2.38. The lowest BCUT2D eigenvalue weighted by atomic mass is 10.1. The Hall–Kier alpha value is -2.74. The fourth-order valence-corrected chi connectivity index (χ4v) is 3.50. The third-order valence-corrected chi connectivity index (χ3v) is 5.06. The summed E-state index contributed by atoms with van der Waals surface area (Å²) >= 11 is 0. The number of benzene rings is 3. The van der Waals surface area contributed by atoms with Crippen LogP contribution < -0.4 is 4.90 Å². The van der Waals surface area contributed by atoms with Gasteiger partial charge in [-0.25, -0.2) is 0 Å². The Morgan fingerprint density at radius 1 is 0.760 bits per heavy atom. The summed E-state index contributed by atoms with van der Waals surface area (Å²) in [6, 6.07) is 21.6. The maximum atomic E-state index is 6.35. The molecule has 3 aromatic carbocycles. The highest BCUT2D eigenvalue weighted by molar-refractivity contribution is 6.10. The number of hydrogen-bond donors (Lipinski definition) is 0. The van der Waals surface area contributed by atoms with Crippen molar-refractivity contribution in [2.75, 3.05) is 11.9 Å². The van der Waals surface area contributed by atoms with Crippen LogP contribution in [0.4, 0.5) is 11.4 Å². The lowest BCUT2D eigenvalue weighted by molar-refractivity contribution is 0.663. The molecule has 1 heterocycles. The lowest BCUT2D eigenvalue weighted by Crippen LogP contribution is -2.09. The van der Waals surface area contributed by atoms with Crippen LogP contribution in [-0.2, 0) is 12.8 Å². The molecule has 0 saturated carbocycles. The molecular formula is C23H23NO. The number of furan rings is 1. The Bertz CT molecular complexity index is 1030. The molecule has 0 spiro atoms. The minimum absolute atomic E-state index is 0.959. The van der Waals surface area contributed by atoms with E-state index in [1.165, 1.54) is 27.6 Å². The number of anilines is 2. The highest BCUT2D eigenvalue weighted by atomic mass is 16.3. The largest absolute Gasteiger partial charge is 0.454 e. The van der Waals surface area contributed by atoms with Crippen molar-refractivity contribution in [3.63, 3.8) is 0 Å². The Morgan fingerprint density at radius 3 is 2.12 bits per heavy atom. The van der Waals surface area contributed by atoms with Crippen LogP contribution >= 0.6 is 0 Å². The minimum Gasteiger partial charge on any atom is -0.454 e. The van der Waals surface area contributed by atoms with Crippen LogP contribution in [0.15, 0.2) is 65.1 Å². The number of para-hydroxylation sites is 2. The second-order valence-corrected chi connectivity index (χ2v) is 6.48. The molecule has 0 aliphatic rings. The van der Waals surface area contributed by atoms with Crippen LogP contribution in [0.3, 0.4) is 0 Å². The van der Waals surface area contributed by atoms with Crippen LogP contribution in [-0.4, -0.2) is 7.05 Å². The second-order valence-electron chi connectivity index (χ2n) is 6.48. The van der Waals surface area contributed by atoms with Crippen molar-refractivity contribution >= 4 is 33.3 Å². The van der Waals surface area contributed by atoms with Crippen LogP contribution in [0.5, 0.6) is 0 Å². The molecule has 4 rings (SSSR count). The third-order valence-electron chi connectivity index (χ3n) is 5.06. The number of hydrogen-bond acceptors (Lipinski definition) is 2. The van der Waals surface area contributed by atoms with Crippen molar-refractivity contribution in [2.45, 2.75) is 26.7 Å². The number of fused-ring (bicyclic) bond motifs is 3. The fraction of sp³-hybridized carbons (Fsp3) is 0.217. The molecule has 0 saturated heterocycles. The standard InChI is InChI=1S/C23H23NO/c1-4-16-12-14-18(15-13-16)24(3)21-11-7-10-20-19-9-6-8-17(5-2)22(19)25-23(20)21/h6-15H,4-5H2,1-3H3. The molecule has 0 unspecified atom stereocenters. The van der Waals surface area contributed by atoms with E-state index in [4.69, 9.17) is 4.42 Å². The number of aryl methyl sites for hydroxylation is 2. The third kappa shape index (κ3) is 2.58. The van der Waals surface area contributed by atoms with Crippen LogP contribution in [0.25, 0.3) is 21.9 Å². The first kappa shape index (κ1) is 15.8. The van der Waals surface area contributed by atoms with Crippen LogP contribution in [0, 0.1) is 0 Å². The van der Waals surface area contributed by atoms with Gasteiger partial charge in [-0.1, -0.05) is 56.3 Å². The van der Waals surface area contributed by atoms with Crippen molar-refractivity contribution in [1.82, 2.24) is 0 Å². The molecule has 2 heteroatoms. The number of rotatable bonds is 4. The molecule has 0 fully saturated rings. The number of nitrogens with zero attached hydrogens (tertiary/aromatic N) is 1. The first-order valence-electron chi connectivity index (χ1n) is 8.98. The molecule has 0 N–H and O–H groups in total. The van der Waals surface area contributed by atoms with E-state index in [2.05, 4.69) is 86.5 Å². The van der Waals surface area contributed by atoms with E-state index in [0.29, 0.717) is 0 Å². The Morgan fingerprint density at radius 2 is 1.44 bits per heavy atom. The first-order chi connectivity index (χ1) is 12.2. The SMILES string of the molecule is CCc1ccc(N(C)c2cccc3c2oc2c(CC)cccc23)cc1. The highest BCUT2D eigenvalue weighted by Gasteiger charge is 2.15. The van der Waals surface area contributed by atoms with Gasteiger partial charge in [-0.05, 0) is 42.2 Å². The van der Waals surface area contributed by atoms with E-state index in [1.54, 1.807) is 0 Å². The summed E-state index contributed by atoms with van der Waals surface area (Å²) in [7, 11) is 2.10. The molecule has 0 aliphatic carbocycles. The Kier molecular flexibility index (Phi) is 3.96. The van der Waals surface area contributed by atoms with Gasteiger partial charge in [0.25, 0.3) is 0 Å². The molecule has 0 bridgehead atoms. The zero-order chi connectivity index (χ0) is 17.4. The molecule has 0 amide bonds. The molecule has 2 nitrogen and oxygen atoms in total. The van der Waals surface area contributed by atoms with Gasteiger partial charge in [0.15, 0.2) is 5.58 Å². The van der Waals surface area contributed by atoms with Gasteiger partial charge in [-0.2, -0.15) is 0 Å². The van der Waals surface area contributed by atoms with E-state index >= 15 is 0 Å². The first-order valence-corrected chi connectivity index (χ1v) is 8.98. The predicted octanol–water partition coefficient (Wildman–Crippen LogP) is 6.48. The summed E-state index contributed by atoms with van der Waals surface area (Å²) in [6.07, 6.45) is 2.03. The van der Waals surface area contributed by atoms with E-state index in [9.17, 15) is 0 Å². The molecule has 0 aliphatic heterocycles. The van der Waals surface area contributed by atoms with E-state index in [1.807, 2.05) is 0 Å². The van der Waals surface area contributed by atoms with Crippen molar-refractivity contribution in [3.8, 4) is 0 Å². The Balaban J connectivity index is 1.89. The fourth-order valence-electron chi connectivity index (χ4n) is 3.50. The van der Waals surface area contributed by atoms with E-state index in [0.717, 1.165) is 29.7 Å². The minimum atomic E-state index is 0.959. The smallest absolute Gasteiger partial charge is 0.159 e. The maximum absolute atomic E-state index is 6.35. The summed E-state index contributed by atoms with van der Waals surface area (Å²) in [5.74, 6) is 0. The van der Waals surface area contributed by atoms with Crippen molar-refractivity contribution < 1.29 is 4.42 Å². The molecular weight excluding hydrogens is 306 g/mol. The molecule has 126 valence electrons. The van der Waals surface area contributed by atoms with Gasteiger partial charge in [-0.15, -0.1) is 0 Å².